The van der Waals surface area contributed by atoms with Crippen molar-refractivity contribution in [2.75, 3.05) is 0 Å². The van der Waals surface area contributed by atoms with Crippen LogP contribution in [0.15, 0.2) is 62.2 Å². The van der Waals surface area contributed by atoms with Gasteiger partial charge in [-0.15, -0.1) is 5.10 Å². The average molecular weight is 349 g/mol. The number of hydrogen-bond acceptors (Lipinski definition) is 3. The second-order valence-corrected chi connectivity index (χ2v) is 5.38. The van der Waals surface area contributed by atoms with Gasteiger partial charge in [0, 0.05) is 10.0 Å². The first kappa shape index (κ1) is 13.8. The lowest BCUT2D eigenvalue weighted by atomic mass is 10.2. The molecule has 6 heteroatoms. The quantitative estimate of drug-likeness (QED) is 0.728. The molecule has 0 fully saturated rings. The van der Waals surface area contributed by atoms with Crippen LogP contribution in [0.5, 0.6) is 0 Å². The van der Waals surface area contributed by atoms with Gasteiger partial charge in [-0.05, 0) is 42.0 Å². The van der Waals surface area contributed by atoms with E-state index in [9.17, 15) is 9.18 Å². The molecule has 4 nitrogen and oxygen atoms in total. The van der Waals surface area contributed by atoms with Gasteiger partial charge < -0.3 is 4.42 Å². The predicted octanol–water partition coefficient (Wildman–Crippen LogP) is 3.45. The summed E-state index contributed by atoms with van der Waals surface area (Å²) in [5.74, 6) is -0.723. The molecule has 0 amide bonds. The van der Waals surface area contributed by atoms with Crippen LogP contribution >= 0.6 is 15.9 Å². The van der Waals surface area contributed by atoms with Crippen LogP contribution < -0.4 is 5.76 Å². The number of aromatic nitrogens is 2. The summed E-state index contributed by atoms with van der Waals surface area (Å²) in [6, 6.07) is 13.2. The first-order valence-electron chi connectivity index (χ1n) is 6.20. The smallest absolute Gasteiger partial charge is 0.388 e. The third-order valence-corrected chi connectivity index (χ3v) is 3.41. The number of nitrogens with zero attached hydrogens (tertiary/aromatic N) is 2. The SMILES string of the molecule is O=c1oc(-c2ccc(F)cc2)nn1Cc1cccc(Br)c1. The van der Waals surface area contributed by atoms with Gasteiger partial charge in [-0.3, -0.25) is 0 Å². The zero-order chi connectivity index (χ0) is 14.8. The van der Waals surface area contributed by atoms with Gasteiger partial charge in [0.15, 0.2) is 0 Å². The molecular formula is C15H10BrFN2O2. The van der Waals surface area contributed by atoms with E-state index in [-0.39, 0.29) is 11.7 Å². The summed E-state index contributed by atoms with van der Waals surface area (Å²) in [7, 11) is 0. The molecule has 1 aromatic heterocycles. The van der Waals surface area contributed by atoms with Crippen molar-refractivity contribution in [1.29, 1.82) is 0 Å². The Balaban J connectivity index is 1.91. The summed E-state index contributed by atoms with van der Waals surface area (Å²) in [5, 5.41) is 4.13. The summed E-state index contributed by atoms with van der Waals surface area (Å²) in [4.78, 5) is 11.8. The molecule has 0 saturated heterocycles. The third-order valence-electron chi connectivity index (χ3n) is 2.92. The molecule has 0 aliphatic heterocycles. The number of benzene rings is 2. The monoisotopic (exact) mass is 348 g/mol. The van der Waals surface area contributed by atoms with E-state index in [4.69, 9.17) is 4.42 Å². The fourth-order valence-electron chi connectivity index (χ4n) is 1.92. The van der Waals surface area contributed by atoms with Crippen molar-refractivity contribution >= 4 is 15.9 Å². The number of halogens is 2. The van der Waals surface area contributed by atoms with Crippen molar-refractivity contribution in [2.45, 2.75) is 6.54 Å². The van der Waals surface area contributed by atoms with E-state index in [1.165, 1.54) is 28.9 Å². The zero-order valence-electron chi connectivity index (χ0n) is 10.8. The van der Waals surface area contributed by atoms with Crippen LogP contribution in [0, 0.1) is 5.82 Å². The molecule has 106 valence electrons. The van der Waals surface area contributed by atoms with Gasteiger partial charge in [0.1, 0.15) is 5.82 Å². The number of hydrogen-bond donors (Lipinski definition) is 0. The van der Waals surface area contributed by atoms with E-state index in [1.54, 1.807) is 0 Å². The zero-order valence-corrected chi connectivity index (χ0v) is 12.4. The largest absolute Gasteiger partial charge is 0.437 e. The Kier molecular flexibility index (Phi) is 3.70. The van der Waals surface area contributed by atoms with Crippen molar-refractivity contribution < 1.29 is 8.81 Å². The highest BCUT2D eigenvalue weighted by Gasteiger charge is 2.10. The average Bonchev–Trinajstić information content (AvgIpc) is 2.81. The van der Waals surface area contributed by atoms with Crippen LogP contribution in [0.2, 0.25) is 0 Å². The van der Waals surface area contributed by atoms with Crippen LogP contribution in [0.25, 0.3) is 11.5 Å². The van der Waals surface area contributed by atoms with Crippen molar-refractivity contribution in [2.24, 2.45) is 0 Å². The Bertz CT molecular complexity index is 824. The van der Waals surface area contributed by atoms with E-state index in [1.807, 2.05) is 24.3 Å². The summed E-state index contributed by atoms with van der Waals surface area (Å²) in [5.41, 5.74) is 1.48. The van der Waals surface area contributed by atoms with Crippen LogP contribution in [0.3, 0.4) is 0 Å². The maximum absolute atomic E-state index is 12.9. The summed E-state index contributed by atoms with van der Waals surface area (Å²) < 4.78 is 20.2. The Morgan fingerprint density at radius 3 is 2.67 bits per heavy atom. The molecule has 3 aromatic rings. The first-order valence-corrected chi connectivity index (χ1v) is 6.99. The van der Waals surface area contributed by atoms with Gasteiger partial charge in [0.2, 0.25) is 5.89 Å². The molecule has 2 aromatic carbocycles. The summed E-state index contributed by atoms with van der Waals surface area (Å²) >= 11 is 3.38. The molecule has 0 saturated carbocycles. The molecule has 0 N–H and O–H groups in total. The van der Waals surface area contributed by atoms with Crippen LogP contribution in [0.1, 0.15) is 5.56 Å². The lowest BCUT2D eigenvalue weighted by Crippen LogP contribution is -2.16. The normalized spacial score (nSPS) is 10.8. The first-order chi connectivity index (χ1) is 10.1. The van der Waals surface area contributed by atoms with Crippen molar-refractivity contribution in [3.63, 3.8) is 0 Å². The third kappa shape index (κ3) is 3.11. The van der Waals surface area contributed by atoms with Gasteiger partial charge in [-0.2, -0.15) is 4.68 Å². The fraction of sp³-hybridized carbons (Fsp3) is 0.0667. The Labute approximate surface area is 128 Å². The van der Waals surface area contributed by atoms with Crippen molar-refractivity contribution in [3.05, 3.63) is 74.9 Å². The highest BCUT2D eigenvalue weighted by molar-refractivity contribution is 9.10. The maximum Gasteiger partial charge on any atom is 0.437 e. The second kappa shape index (κ2) is 5.65. The molecular weight excluding hydrogens is 339 g/mol. The molecule has 0 aliphatic rings. The van der Waals surface area contributed by atoms with Crippen molar-refractivity contribution in [1.82, 2.24) is 9.78 Å². The molecule has 0 bridgehead atoms. The predicted molar refractivity (Wildman–Crippen MR) is 79.4 cm³/mol. The van der Waals surface area contributed by atoms with Gasteiger partial charge >= 0.3 is 5.76 Å². The molecule has 0 aliphatic carbocycles. The lowest BCUT2D eigenvalue weighted by molar-refractivity contribution is 0.495. The molecule has 0 radical (unpaired) electrons. The molecule has 3 rings (SSSR count). The topological polar surface area (TPSA) is 48.0 Å². The van der Waals surface area contributed by atoms with Crippen molar-refractivity contribution in [3.8, 4) is 11.5 Å². The van der Waals surface area contributed by atoms with E-state index in [2.05, 4.69) is 21.0 Å². The minimum absolute atomic E-state index is 0.176. The number of rotatable bonds is 3. The van der Waals surface area contributed by atoms with Gasteiger partial charge in [0.05, 0.1) is 6.54 Å². The highest BCUT2D eigenvalue weighted by Crippen LogP contribution is 2.16. The van der Waals surface area contributed by atoms with E-state index in [0.29, 0.717) is 12.1 Å². The Morgan fingerprint density at radius 2 is 1.95 bits per heavy atom. The Hall–Kier alpha value is -2.21. The van der Waals surface area contributed by atoms with E-state index in [0.717, 1.165) is 10.0 Å². The van der Waals surface area contributed by atoms with E-state index < -0.39 is 5.76 Å². The maximum atomic E-state index is 12.9. The van der Waals surface area contributed by atoms with Crippen LogP contribution in [-0.2, 0) is 6.54 Å². The van der Waals surface area contributed by atoms with Crippen LogP contribution in [-0.4, -0.2) is 9.78 Å². The molecule has 21 heavy (non-hydrogen) atoms. The fourth-order valence-corrected chi connectivity index (χ4v) is 2.37. The molecule has 0 spiro atoms. The minimum Gasteiger partial charge on any atom is -0.388 e. The van der Waals surface area contributed by atoms with Gasteiger partial charge in [-0.1, -0.05) is 28.1 Å². The Morgan fingerprint density at radius 1 is 1.19 bits per heavy atom. The van der Waals surface area contributed by atoms with Crippen LogP contribution in [0.4, 0.5) is 4.39 Å². The van der Waals surface area contributed by atoms with Gasteiger partial charge in [0.25, 0.3) is 0 Å². The molecule has 0 unspecified atom stereocenters. The lowest BCUT2D eigenvalue weighted by Gasteiger charge is -2.00. The summed E-state index contributed by atoms with van der Waals surface area (Å²) in [6.45, 7) is 0.309. The standard InChI is InChI=1S/C15H10BrFN2O2/c16-12-3-1-2-10(8-12)9-19-15(20)21-14(18-19)11-4-6-13(17)7-5-11/h1-8H,9H2. The molecule has 0 atom stereocenters. The molecule has 1 heterocycles. The second-order valence-electron chi connectivity index (χ2n) is 4.47. The highest BCUT2D eigenvalue weighted by atomic mass is 79.9. The van der Waals surface area contributed by atoms with Gasteiger partial charge in [-0.25, -0.2) is 9.18 Å². The van der Waals surface area contributed by atoms with E-state index >= 15 is 0 Å². The minimum atomic E-state index is -0.547. The summed E-state index contributed by atoms with van der Waals surface area (Å²) in [6.07, 6.45) is 0.